The fourth-order valence-corrected chi connectivity index (χ4v) is 4.65. The first-order chi connectivity index (χ1) is 13.2. The van der Waals surface area contributed by atoms with E-state index in [4.69, 9.17) is 5.11 Å². The lowest BCUT2D eigenvalue weighted by Crippen LogP contribution is -2.36. The van der Waals surface area contributed by atoms with Crippen molar-refractivity contribution in [2.24, 2.45) is 0 Å². The van der Waals surface area contributed by atoms with Crippen LogP contribution < -0.4 is 5.32 Å². The lowest BCUT2D eigenvalue weighted by atomic mass is 10.1. The number of likely N-dealkylation sites (tertiary alicyclic amines) is 1. The molecular formula is C19H23N5O2S. The SMILES string of the molecule is O=C(NCCO)c1cn(C2CCCN(Cc3cc4ccccc4s3)C2)nn1. The standard InChI is InChI=1S/C19H23N5O2S/c25-9-7-20-19(26)17-13-24(22-21-17)15-5-3-8-23(11-15)12-16-10-14-4-1-2-6-18(14)27-16/h1-2,4,6,10,13,15,25H,3,5,7-9,11-12H2,(H,20,26). The van der Waals surface area contributed by atoms with Gasteiger partial charge in [0.1, 0.15) is 0 Å². The number of rotatable bonds is 6. The molecule has 0 spiro atoms. The van der Waals surface area contributed by atoms with Crippen molar-refractivity contribution in [2.75, 3.05) is 26.2 Å². The summed E-state index contributed by atoms with van der Waals surface area (Å²) in [4.78, 5) is 15.8. The second-order valence-electron chi connectivity index (χ2n) is 6.85. The molecule has 1 atom stereocenters. The molecule has 2 N–H and O–H groups in total. The van der Waals surface area contributed by atoms with Crippen molar-refractivity contribution in [3.63, 3.8) is 0 Å². The van der Waals surface area contributed by atoms with Crippen molar-refractivity contribution in [2.45, 2.75) is 25.4 Å². The van der Waals surface area contributed by atoms with Crippen LogP contribution in [0.15, 0.2) is 36.5 Å². The molecule has 3 aromatic rings. The van der Waals surface area contributed by atoms with E-state index in [1.165, 1.54) is 15.0 Å². The minimum atomic E-state index is -0.298. The minimum Gasteiger partial charge on any atom is -0.395 e. The van der Waals surface area contributed by atoms with Gasteiger partial charge < -0.3 is 10.4 Å². The summed E-state index contributed by atoms with van der Waals surface area (Å²) in [6.45, 7) is 3.04. The lowest BCUT2D eigenvalue weighted by Gasteiger charge is -2.32. The molecule has 27 heavy (non-hydrogen) atoms. The predicted molar refractivity (Wildman–Crippen MR) is 105 cm³/mol. The van der Waals surface area contributed by atoms with E-state index in [1.807, 2.05) is 16.0 Å². The maximum Gasteiger partial charge on any atom is 0.273 e. The number of benzene rings is 1. The van der Waals surface area contributed by atoms with Gasteiger partial charge in [0.05, 0.1) is 18.8 Å². The van der Waals surface area contributed by atoms with Gasteiger partial charge in [-0.15, -0.1) is 16.4 Å². The van der Waals surface area contributed by atoms with Crippen LogP contribution in [-0.4, -0.2) is 57.1 Å². The zero-order valence-corrected chi connectivity index (χ0v) is 15.9. The molecule has 7 nitrogen and oxygen atoms in total. The number of fused-ring (bicyclic) bond motifs is 1. The van der Waals surface area contributed by atoms with Gasteiger partial charge in [-0.2, -0.15) is 0 Å². The molecule has 1 aliphatic rings. The molecule has 1 aromatic carbocycles. The second-order valence-corrected chi connectivity index (χ2v) is 8.01. The lowest BCUT2D eigenvalue weighted by molar-refractivity contribution is 0.0939. The number of hydrogen-bond acceptors (Lipinski definition) is 6. The summed E-state index contributed by atoms with van der Waals surface area (Å²) in [6.07, 6.45) is 3.84. The molecule has 1 saturated heterocycles. The van der Waals surface area contributed by atoms with E-state index in [2.05, 4.69) is 50.9 Å². The van der Waals surface area contributed by atoms with Crippen LogP contribution in [0.1, 0.15) is 34.2 Å². The van der Waals surface area contributed by atoms with Crippen LogP contribution in [0.25, 0.3) is 10.1 Å². The van der Waals surface area contributed by atoms with Crippen LogP contribution >= 0.6 is 11.3 Å². The Morgan fingerprint density at radius 2 is 2.26 bits per heavy atom. The number of nitrogens with zero attached hydrogens (tertiary/aromatic N) is 4. The van der Waals surface area contributed by atoms with Crippen molar-refractivity contribution in [1.29, 1.82) is 0 Å². The highest BCUT2D eigenvalue weighted by Crippen LogP contribution is 2.28. The van der Waals surface area contributed by atoms with Gasteiger partial charge in [0, 0.05) is 29.2 Å². The maximum absolute atomic E-state index is 11.9. The number of hydrogen-bond donors (Lipinski definition) is 2. The molecule has 2 aromatic heterocycles. The van der Waals surface area contributed by atoms with Crippen LogP contribution in [-0.2, 0) is 6.54 Å². The Kier molecular flexibility index (Phi) is 5.47. The second kappa shape index (κ2) is 8.16. The average molecular weight is 385 g/mol. The average Bonchev–Trinajstić information content (AvgIpc) is 3.33. The van der Waals surface area contributed by atoms with Crippen molar-refractivity contribution < 1.29 is 9.90 Å². The van der Waals surface area contributed by atoms with Crippen LogP contribution in [0, 0.1) is 0 Å². The minimum absolute atomic E-state index is 0.0881. The van der Waals surface area contributed by atoms with E-state index >= 15 is 0 Å². The van der Waals surface area contributed by atoms with Gasteiger partial charge >= 0.3 is 0 Å². The normalized spacial score (nSPS) is 18.0. The van der Waals surface area contributed by atoms with Crippen LogP contribution in [0.2, 0.25) is 0 Å². The third-order valence-electron chi connectivity index (χ3n) is 4.85. The van der Waals surface area contributed by atoms with Gasteiger partial charge in [0.25, 0.3) is 5.91 Å². The first kappa shape index (κ1) is 18.1. The number of amides is 1. The van der Waals surface area contributed by atoms with Crippen molar-refractivity contribution in [1.82, 2.24) is 25.2 Å². The van der Waals surface area contributed by atoms with Crippen molar-refractivity contribution in [3.05, 3.63) is 47.1 Å². The van der Waals surface area contributed by atoms with E-state index < -0.39 is 0 Å². The van der Waals surface area contributed by atoms with E-state index in [0.29, 0.717) is 5.69 Å². The molecular weight excluding hydrogens is 362 g/mol. The van der Waals surface area contributed by atoms with Crippen molar-refractivity contribution in [3.8, 4) is 0 Å². The van der Waals surface area contributed by atoms with Gasteiger partial charge in [0.2, 0.25) is 0 Å². The van der Waals surface area contributed by atoms with Gasteiger partial charge in [-0.05, 0) is 36.9 Å². The zero-order valence-electron chi connectivity index (χ0n) is 15.0. The molecule has 0 radical (unpaired) electrons. The van der Waals surface area contributed by atoms with Gasteiger partial charge in [0.15, 0.2) is 5.69 Å². The number of piperidine rings is 1. The van der Waals surface area contributed by atoms with E-state index in [-0.39, 0.29) is 25.1 Å². The Morgan fingerprint density at radius 3 is 3.11 bits per heavy atom. The maximum atomic E-state index is 11.9. The molecule has 142 valence electrons. The summed E-state index contributed by atoms with van der Waals surface area (Å²) in [6, 6.07) is 11.0. The quantitative estimate of drug-likeness (QED) is 0.679. The topological polar surface area (TPSA) is 83.3 Å². The number of aliphatic hydroxyl groups excluding tert-OH is 1. The number of nitrogens with one attached hydrogen (secondary N) is 1. The Hall–Kier alpha value is -2.29. The molecule has 1 aliphatic heterocycles. The van der Waals surface area contributed by atoms with E-state index in [9.17, 15) is 4.79 Å². The van der Waals surface area contributed by atoms with Crippen LogP contribution in [0.4, 0.5) is 0 Å². The summed E-state index contributed by atoms with van der Waals surface area (Å²) < 4.78 is 3.14. The highest BCUT2D eigenvalue weighted by Gasteiger charge is 2.24. The number of aliphatic hydroxyl groups is 1. The largest absolute Gasteiger partial charge is 0.395 e. The Bertz CT molecular complexity index is 889. The Labute approximate surface area is 161 Å². The van der Waals surface area contributed by atoms with Gasteiger partial charge in [-0.1, -0.05) is 23.4 Å². The molecule has 4 rings (SSSR count). The van der Waals surface area contributed by atoms with Gasteiger partial charge in [-0.25, -0.2) is 4.68 Å². The number of aromatic nitrogens is 3. The summed E-state index contributed by atoms with van der Waals surface area (Å²) in [5.41, 5.74) is 0.296. The molecule has 1 fully saturated rings. The van der Waals surface area contributed by atoms with Crippen LogP contribution in [0.5, 0.6) is 0 Å². The summed E-state index contributed by atoms with van der Waals surface area (Å²) in [5.74, 6) is -0.298. The fourth-order valence-electron chi connectivity index (χ4n) is 3.55. The third kappa shape index (κ3) is 4.18. The number of carbonyl (C=O) groups excluding carboxylic acids is 1. The zero-order chi connectivity index (χ0) is 18.6. The highest BCUT2D eigenvalue weighted by molar-refractivity contribution is 7.19. The smallest absolute Gasteiger partial charge is 0.273 e. The fraction of sp³-hybridized carbons (Fsp3) is 0.421. The van der Waals surface area contributed by atoms with Crippen molar-refractivity contribution >= 4 is 27.3 Å². The first-order valence-electron chi connectivity index (χ1n) is 9.23. The van der Waals surface area contributed by atoms with Gasteiger partial charge in [-0.3, -0.25) is 9.69 Å². The molecule has 8 heteroatoms. The van der Waals surface area contributed by atoms with E-state index in [1.54, 1.807) is 6.20 Å². The predicted octanol–water partition coefficient (Wildman–Crippen LogP) is 2.05. The third-order valence-corrected chi connectivity index (χ3v) is 5.95. The molecule has 0 saturated carbocycles. The summed E-state index contributed by atoms with van der Waals surface area (Å²) in [5, 5.41) is 20.9. The van der Waals surface area contributed by atoms with E-state index in [0.717, 1.165) is 32.5 Å². The molecule has 0 aliphatic carbocycles. The Morgan fingerprint density at radius 1 is 1.37 bits per heavy atom. The molecule has 0 bridgehead atoms. The first-order valence-corrected chi connectivity index (χ1v) is 10.1. The Balaban J connectivity index is 1.40. The molecule has 3 heterocycles. The summed E-state index contributed by atoms with van der Waals surface area (Å²) >= 11 is 1.85. The summed E-state index contributed by atoms with van der Waals surface area (Å²) in [7, 11) is 0. The van der Waals surface area contributed by atoms with Crippen LogP contribution in [0.3, 0.4) is 0 Å². The highest BCUT2D eigenvalue weighted by atomic mass is 32.1. The number of thiophene rings is 1. The molecule has 1 unspecified atom stereocenters. The molecule has 1 amide bonds. The monoisotopic (exact) mass is 385 g/mol. The number of carbonyl (C=O) groups is 1.